The third-order valence-electron chi connectivity index (χ3n) is 4.32. The molecule has 0 aliphatic heterocycles. The van der Waals surface area contributed by atoms with Crippen LogP contribution >= 0.6 is 31.9 Å². The molecule has 0 amide bonds. The first-order chi connectivity index (χ1) is 14.0. The van der Waals surface area contributed by atoms with Crippen LogP contribution in [0.1, 0.15) is 18.5 Å². The first-order valence-corrected chi connectivity index (χ1v) is 10.4. The number of nitrogens with zero attached hydrogens (tertiary/aromatic N) is 3. The summed E-state index contributed by atoms with van der Waals surface area (Å²) in [6.07, 6.45) is 1.96. The molecule has 0 saturated carbocycles. The molecule has 0 unspecified atom stereocenters. The number of hydrogen-bond donors (Lipinski definition) is 0. The zero-order valence-corrected chi connectivity index (χ0v) is 18.4. The lowest BCUT2D eigenvalue weighted by Gasteiger charge is -2.07. The van der Waals surface area contributed by atoms with Crippen molar-refractivity contribution in [2.45, 2.75) is 13.3 Å². The molecular weight excluding hydrogens is 505 g/mol. The first kappa shape index (κ1) is 19.7. The summed E-state index contributed by atoms with van der Waals surface area (Å²) in [5.41, 5.74) is 0.694. The predicted molar refractivity (Wildman–Crippen MR) is 118 cm³/mol. The van der Waals surface area contributed by atoms with Crippen molar-refractivity contribution in [2.24, 2.45) is 5.10 Å². The average Bonchev–Trinajstić information content (AvgIpc) is 3.16. The summed E-state index contributed by atoms with van der Waals surface area (Å²) < 4.78 is 22.5. The SMILES string of the molecule is CCc1nc2ccc(Br)cc2c(=O)n1N=Cc1ccc(-c2ccc(Br)cc2F)o1. The molecule has 4 aromatic rings. The highest BCUT2D eigenvalue weighted by Gasteiger charge is 2.12. The lowest BCUT2D eigenvalue weighted by atomic mass is 10.1. The fourth-order valence-corrected chi connectivity index (χ4v) is 3.61. The summed E-state index contributed by atoms with van der Waals surface area (Å²) in [5, 5.41) is 4.74. The highest BCUT2D eigenvalue weighted by Crippen LogP contribution is 2.27. The van der Waals surface area contributed by atoms with Gasteiger partial charge in [-0.3, -0.25) is 4.79 Å². The molecule has 0 aliphatic carbocycles. The van der Waals surface area contributed by atoms with E-state index in [4.69, 9.17) is 4.42 Å². The van der Waals surface area contributed by atoms with Crippen LogP contribution in [0.4, 0.5) is 4.39 Å². The zero-order chi connectivity index (χ0) is 20.5. The molecule has 0 saturated heterocycles. The van der Waals surface area contributed by atoms with E-state index in [0.717, 1.165) is 4.47 Å². The van der Waals surface area contributed by atoms with Gasteiger partial charge >= 0.3 is 0 Å². The quantitative estimate of drug-likeness (QED) is 0.322. The van der Waals surface area contributed by atoms with Gasteiger partial charge in [0, 0.05) is 15.4 Å². The fourth-order valence-electron chi connectivity index (χ4n) is 2.91. The molecular formula is C21H14Br2FN3O2. The van der Waals surface area contributed by atoms with E-state index in [9.17, 15) is 9.18 Å². The van der Waals surface area contributed by atoms with Gasteiger partial charge in [-0.05, 0) is 48.5 Å². The van der Waals surface area contributed by atoms with Crippen molar-refractivity contribution < 1.29 is 8.81 Å². The van der Waals surface area contributed by atoms with Gasteiger partial charge in [-0.1, -0.05) is 38.8 Å². The molecule has 0 aliphatic rings. The highest BCUT2D eigenvalue weighted by molar-refractivity contribution is 9.10. The Balaban J connectivity index is 1.73. The Labute approximate surface area is 182 Å². The van der Waals surface area contributed by atoms with E-state index in [1.807, 2.05) is 13.0 Å². The van der Waals surface area contributed by atoms with Gasteiger partial charge < -0.3 is 4.42 Å². The van der Waals surface area contributed by atoms with E-state index in [1.54, 1.807) is 36.4 Å². The number of hydrogen-bond acceptors (Lipinski definition) is 4. The molecule has 29 heavy (non-hydrogen) atoms. The Morgan fingerprint density at radius 2 is 1.90 bits per heavy atom. The molecule has 146 valence electrons. The summed E-state index contributed by atoms with van der Waals surface area (Å²) in [6.45, 7) is 1.90. The predicted octanol–water partition coefficient (Wildman–Crippen LogP) is 5.77. The van der Waals surface area contributed by atoms with Gasteiger partial charge in [0.2, 0.25) is 0 Å². The van der Waals surface area contributed by atoms with Gasteiger partial charge in [0.15, 0.2) is 0 Å². The number of halogens is 3. The van der Waals surface area contributed by atoms with E-state index in [2.05, 4.69) is 41.9 Å². The lowest BCUT2D eigenvalue weighted by Crippen LogP contribution is -2.22. The van der Waals surface area contributed by atoms with Crippen LogP contribution in [0.5, 0.6) is 0 Å². The van der Waals surface area contributed by atoms with Crippen LogP contribution in [-0.2, 0) is 6.42 Å². The van der Waals surface area contributed by atoms with Gasteiger partial charge in [0.25, 0.3) is 5.56 Å². The molecule has 0 atom stereocenters. The largest absolute Gasteiger partial charge is 0.455 e. The van der Waals surface area contributed by atoms with Crippen molar-refractivity contribution in [1.82, 2.24) is 9.66 Å². The Kier molecular flexibility index (Phi) is 5.47. The Morgan fingerprint density at radius 1 is 1.14 bits per heavy atom. The van der Waals surface area contributed by atoms with Crippen molar-refractivity contribution in [3.05, 3.63) is 85.2 Å². The molecule has 2 aromatic heterocycles. The van der Waals surface area contributed by atoms with Gasteiger partial charge in [-0.15, -0.1) is 0 Å². The molecule has 0 bridgehead atoms. The topological polar surface area (TPSA) is 60.4 Å². The van der Waals surface area contributed by atoms with Crippen LogP contribution in [-0.4, -0.2) is 15.9 Å². The minimum atomic E-state index is -0.397. The third kappa shape index (κ3) is 3.95. The molecule has 0 fully saturated rings. The Bertz CT molecular complexity index is 1310. The molecule has 8 heteroatoms. The standard InChI is InChI=1S/C21H14Br2FN3O2/c1-2-20-26-18-7-4-12(22)9-16(18)21(28)27(20)25-11-14-5-8-19(29-14)15-6-3-13(23)10-17(15)24/h3-11H,2H2,1H3. The second-order valence-corrected chi connectivity index (χ2v) is 8.06. The average molecular weight is 519 g/mol. The van der Waals surface area contributed by atoms with Crippen LogP contribution in [0.2, 0.25) is 0 Å². The van der Waals surface area contributed by atoms with Gasteiger partial charge in [0.05, 0.1) is 22.7 Å². The molecule has 0 spiro atoms. The minimum absolute atomic E-state index is 0.268. The minimum Gasteiger partial charge on any atom is -0.455 e. The van der Waals surface area contributed by atoms with Gasteiger partial charge in [-0.25, -0.2) is 9.37 Å². The summed E-state index contributed by atoms with van der Waals surface area (Å²) in [5.74, 6) is 0.906. The molecule has 2 heterocycles. The number of rotatable bonds is 4. The maximum Gasteiger partial charge on any atom is 0.282 e. The van der Waals surface area contributed by atoms with Crippen molar-refractivity contribution in [2.75, 3.05) is 0 Å². The van der Waals surface area contributed by atoms with Gasteiger partial charge in [0.1, 0.15) is 23.2 Å². The molecule has 0 radical (unpaired) electrons. The van der Waals surface area contributed by atoms with Crippen LogP contribution in [0.15, 0.2) is 71.8 Å². The first-order valence-electron chi connectivity index (χ1n) is 8.77. The number of furan rings is 1. The van der Waals surface area contributed by atoms with E-state index >= 15 is 0 Å². The number of fused-ring (bicyclic) bond motifs is 1. The van der Waals surface area contributed by atoms with Gasteiger partial charge in [-0.2, -0.15) is 9.78 Å². The smallest absolute Gasteiger partial charge is 0.282 e. The van der Waals surface area contributed by atoms with Crippen LogP contribution in [0, 0.1) is 5.82 Å². The van der Waals surface area contributed by atoms with Crippen molar-refractivity contribution in [1.29, 1.82) is 0 Å². The van der Waals surface area contributed by atoms with Crippen molar-refractivity contribution in [3.8, 4) is 11.3 Å². The molecule has 0 N–H and O–H groups in total. The Morgan fingerprint density at radius 3 is 2.66 bits per heavy atom. The third-order valence-corrected chi connectivity index (χ3v) is 5.30. The second kappa shape index (κ2) is 8.04. The summed E-state index contributed by atoms with van der Waals surface area (Å²) in [4.78, 5) is 17.4. The van der Waals surface area contributed by atoms with Crippen LogP contribution in [0.25, 0.3) is 22.2 Å². The van der Waals surface area contributed by atoms with E-state index in [1.165, 1.54) is 17.0 Å². The number of aryl methyl sites for hydroxylation is 1. The summed E-state index contributed by atoms with van der Waals surface area (Å²) >= 11 is 6.61. The highest BCUT2D eigenvalue weighted by atomic mass is 79.9. The van der Waals surface area contributed by atoms with E-state index in [0.29, 0.717) is 44.7 Å². The normalized spacial score (nSPS) is 11.6. The number of aromatic nitrogens is 2. The second-order valence-electron chi connectivity index (χ2n) is 6.23. The molecule has 4 rings (SSSR count). The maximum atomic E-state index is 14.1. The number of benzene rings is 2. The fraction of sp³-hybridized carbons (Fsp3) is 0.0952. The molecule has 5 nitrogen and oxygen atoms in total. The monoisotopic (exact) mass is 517 g/mol. The summed E-state index contributed by atoms with van der Waals surface area (Å²) in [7, 11) is 0. The van der Waals surface area contributed by atoms with E-state index < -0.39 is 5.82 Å². The maximum absolute atomic E-state index is 14.1. The zero-order valence-electron chi connectivity index (χ0n) is 15.2. The van der Waals surface area contributed by atoms with E-state index in [-0.39, 0.29) is 5.56 Å². The van der Waals surface area contributed by atoms with Crippen LogP contribution < -0.4 is 5.56 Å². The molecule has 2 aromatic carbocycles. The van der Waals surface area contributed by atoms with Crippen molar-refractivity contribution in [3.63, 3.8) is 0 Å². The lowest BCUT2D eigenvalue weighted by molar-refractivity contribution is 0.562. The van der Waals surface area contributed by atoms with Crippen LogP contribution in [0.3, 0.4) is 0 Å². The Hall–Kier alpha value is -2.58. The van der Waals surface area contributed by atoms with Crippen molar-refractivity contribution >= 4 is 49.0 Å². The summed E-state index contributed by atoms with van der Waals surface area (Å²) in [6, 6.07) is 13.4.